The fourth-order valence-corrected chi connectivity index (χ4v) is 3.10. The van der Waals surface area contributed by atoms with Crippen LogP contribution >= 0.6 is 11.3 Å². The Morgan fingerprint density at radius 2 is 2.00 bits per heavy atom. The Labute approximate surface area is 151 Å². The SMILES string of the molecule is CC(NC(=O)OC(C)(C)C)C(=O)OCCCc1nc2ccccc2s1. The zero-order valence-corrected chi connectivity index (χ0v) is 15.8. The minimum atomic E-state index is -0.752. The first-order valence-corrected chi connectivity index (χ1v) is 9.07. The molecule has 0 aliphatic carbocycles. The molecular formula is C18H24N2O4S. The number of thiazole rings is 1. The summed E-state index contributed by atoms with van der Waals surface area (Å²) in [4.78, 5) is 28.1. The summed E-state index contributed by atoms with van der Waals surface area (Å²) in [6.07, 6.45) is 0.803. The molecule has 1 heterocycles. The molecule has 7 heteroatoms. The van der Waals surface area contributed by atoms with Crippen LogP contribution in [0.15, 0.2) is 24.3 Å². The van der Waals surface area contributed by atoms with Gasteiger partial charge in [-0.15, -0.1) is 11.3 Å². The molecule has 0 saturated carbocycles. The molecule has 0 bridgehead atoms. The van der Waals surface area contributed by atoms with Gasteiger partial charge in [0.05, 0.1) is 21.8 Å². The Morgan fingerprint density at radius 1 is 1.28 bits per heavy atom. The highest BCUT2D eigenvalue weighted by atomic mass is 32.1. The third-order valence-corrected chi connectivity index (χ3v) is 4.30. The van der Waals surface area contributed by atoms with Crippen molar-refractivity contribution < 1.29 is 19.1 Å². The molecule has 1 N–H and O–H groups in total. The molecule has 1 atom stereocenters. The van der Waals surface area contributed by atoms with Crippen molar-refractivity contribution in [2.24, 2.45) is 0 Å². The normalized spacial score (nSPS) is 12.6. The van der Waals surface area contributed by atoms with Gasteiger partial charge in [0, 0.05) is 6.42 Å². The van der Waals surface area contributed by atoms with Crippen LogP contribution in [-0.4, -0.2) is 35.3 Å². The van der Waals surface area contributed by atoms with Gasteiger partial charge in [0.15, 0.2) is 0 Å². The zero-order chi connectivity index (χ0) is 18.4. The summed E-state index contributed by atoms with van der Waals surface area (Å²) in [7, 11) is 0. The van der Waals surface area contributed by atoms with Crippen LogP contribution in [0.3, 0.4) is 0 Å². The molecule has 25 heavy (non-hydrogen) atoms. The van der Waals surface area contributed by atoms with Crippen LogP contribution in [0.5, 0.6) is 0 Å². The van der Waals surface area contributed by atoms with Crippen LogP contribution in [-0.2, 0) is 20.7 Å². The van der Waals surface area contributed by atoms with Crippen molar-refractivity contribution in [1.82, 2.24) is 10.3 Å². The van der Waals surface area contributed by atoms with Crippen molar-refractivity contribution in [2.75, 3.05) is 6.61 Å². The lowest BCUT2D eigenvalue weighted by atomic mass is 10.2. The van der Waals surface area contributed by atoms with Gasteiger partial charge in [-0.2, -0.15) is 0 Å². The number of nitrogens with one attached hydrogen (secondary N) is 1. The molecule has 0 aliphatic heterocycles. The lowest BCUT2D eigenvalue weighted by Crippen LogP contribution is -2.42. The summed E-state index contributed by atoms with van der Waals surface area (Å²) in [6, 6.07) is 7.23. The molecule has 2 aromatic rings. The van der Waals surface area contributed by atoms with Crippen molar-refractivity contribution >= 4 is 33.6 Å². The number of carbonyl (C=O) groups excluding carboxylic acids is 2. The van der Waals surface area contributed by atoms with E-state index in [1.807, 2.05) is 24.3 Å². The molecule has 1 aromatic carbocycles. The number of aromatic nitrogens is 1. The van der Waals surface area contributed by atoms with Gasteiger partial charge in [-0.05, 0) is 46.2 Å². The van der Waals surface area contributed by atoms with Gasteiger partial charge >= 0.3 is 12.1 Å². The molecule has 0 aliphatic rings. The van der Waals surface area contributed by atoms with Crippen molar-refractivity contribution in [3.05, 3.63) is 29.3 Å². The van der Waals surface area contributed by atoms with Crippen LogP contribution in [0.25, 0.3) is 10.2 Å². The van der Waals surface area contributed by atoms with E-state index in [0.717, 1.165) is 21.6 Å². The summed E-state index contributed by atoms with van der Waals surface area (Å²) in [5.41, 5.74) is 0.389. The number of esters is 1. The molecule has 136 valence electrons. The van der Waals surface area contributed by atoms with E-state index in [-0.39, 0.29) is 6.61 Å². The maximum Gasteiger partial charge on any atom is 0.408 e. The molecular weight excluding hydrogens is 340 g/mol. The minimum absolute atomic E-state index is 0.287. The Kier molecular flexibility index (Phi) is 6.36. The van der Waals surface area contributed by atoms with Crippen LogP contribution in [0.2, 0.25) is 0 Å². The van der Waals surface area contributed by atoms with E-state index in [2.05, 4.69) is 10.3 Å². The van der Waals surface area contributed by atoms with E-state index in [0.29, 0.717) is 6.42 Å². The summed E-state index contributed by atoms with van der Waals surface area (Å²) >= 11 is 1.65. The molecule has 0 fully saturated rings. The van der Waals surface area contributed by atoms with E-state index in [1.54, 1.807) is 39.0 Å². The molecule has 0 saturated heterocycles. The van der Waals surface area contributed by atoms with E-state index in [1.165, 1.54) is 0 Å². The van der Waals surface area contributed by atoms with Crippen molar-refractivity contribution in [3.8, 4) is 0 Å². The summed E-state index contributed by atoms with van der Waals surface area (Å²) in [5, 5.41) is 3.49. The number of hydrogen-bond acceptors (Lipinski definition) is 6. The van der Waals surface area contributed by atoms with E-state index in [9.17, 15) is 9.59 Å². The van der Waals surface area contributed by atoms with Gasteiger partial charge < -0.3 is 14.8 Å². The standard InChI is InChI=1S/C18H24N2O4S/c1-12(19-17(22)24-18(2,3)4)16(21)23-11-7-10-15-20-13-8-5-6-9-14(13)25-15/h5-6,8-9,12H,7,10-11H2,1-4H3,(H,19,22). The summed E-state index contributed by atoms with van der Waals surface area (Å²) in [6.45, 7) is 7.14. The second-order valence-electron chi connectivity index (χ2n) is 6.71. The van der Waals surface area contributed by atoms with Gasteiger partial charge in [-0.25, -0.2) is 14.6 Å². The molecule has 0 radical (unpaired) electrons. The van der Waals surface area contributed by atoms with E-state index in [4.69, 9.17) is 9.47 Å². The fraction of sp³-hybridized carbons (Fsp3) is 0.500. The number of amides is 1. The van der Waals surface area contributed by atoms with Gasteiger partial charge in [0.2, 0.25) is 0 Å². The number of para-hydroxylation sites is 1. The van der Waals surface area contributed by atoms with E-state index < -0.39 is 23.7 Å². The molecule has 2 rings (SSSR count). The van der Waals surface area contributed by atoms with Crippen LogP contribution < -0.4 is 5.32 Å². The highest BCUT2D eigenvalue weighted by Crippen LogP contribution is 2.22. The smallest absolute Gasteiger partial charge is 0.408 e. The van der Waals surface area contributed by atoms with Crippen molar-refractivity contribution in [1.29, 1.82) is 0 Å². The predicted octanol–water partition coefficient (Wildman–Crippen LogP) is 3.69. The maximum atomic E-state index is 11.9. The minimum Gasteiger partial charge on any atom is -0.464 e. The molecule has 6 nitrogen and oxygen atoms in total. The van der Waals surface area contributed by atoms with Gasteiger partial charge in [0.1, 0.15) is 11.6 Å². The number of fused-ring (bicyclic) bond motifs is 1. The Bertz CT molecular complexity index is 703. The third kappa shape index (κ3) is 6.34. The number of rotatable bonds is 6. The number of alkyl carbamates (subject to hydrolysis) is 1. The van der Waals surface area contributed by atoms with Crippen LogP contribution in [0.1, 0.15) is 39.1 Å². The van der Waals surface area contributed by atoms with Crippen LogP contribution in [0, 0.1) is 0 Å². The molecule has 1 amide bonds. The highest BCUT2D eigenvalue weighted by Gasteiger charge is 2.21. The molecule has 0 spiro atoms. The number of hydrogen-bond donors (Lipinski definition) is 1. The summed E-state index contributed by atoms with van der Waals surface area (Å²) in [5.74, 6) is -0.477. The van der Waals surface area contributed by atoms with Crippen LogP contribution in [0.4, 0.5) is 4.79 Å². The highest BCUT2D eigenvalue weighted by molar-refractivity contribution is 7.18. The lowest BCUT2D eigenvalue weighted by Gasteiger charge is -2.21. The number of nitrogens with zero attached hydrogens (tertiary/aromatic N) is 1. The first-order chi connectivity index (χ1) is 11.7. The Hall–Kier alpha value is -2.15. The average Bonchev–Trinajstić information content (AvgIpc) is 2.92. The quantitative estimate of drug-likeness (QED) is 0.625. The molecule has 1 unspecified atom stereocenters. The lowest BCUT2D eigenvalue weighted by molar-refractivity contribution is -0.145. The van der Waals surface area contributed by atoms with Crippen molar-refractivity contribution in [3.63, 3.8) is 0 Å². The van der Waals surface area contributed by atoms with Gasteiger partial charge in [-0.1, -0.05) is 12.1 Å². The van der Waals surface area contributed by atoms with Gasteiger partial charge in [-0.3, -0.25) is 0 Å². The number of ether oxygens (including phenoxy) is 2. The predicted molar refractivity (Wildman–Crippen MR) is 97.7 cm³/mol. The topological polar surface area (TPSA) is 77.5 Å². The largest absolute Gasteiger partial charge is 0.464 e. The number of aryl methyl sites for hydroxylation is 1. The number of benzene rings is 1. The monoisotopic (exact) mass is 364 g/mol. The Morgan fingerprint density at radius 3 is 2.68 bits per heavy atom. The molecule has 1 aromatic heterocycles. The first-order valence-electron chi connectivity index (χ1n) is 8.25. The maximum absolute atomic E-state index is 11.9. The zero-order valence-electron chi connectivity index (χ0n) is 15.0. The Balaban J connectivity index is 1.70. The third-order valence-electron chi connectivity index (χ3n) is 3.20. The second-order valence-corrected chi connectivity index (χ2v) is 7.83. The second kappa shape index (κ2) is 8.29. The van der Waals surface area contributed by atoms with Crippen molar-refractivity contribution in [2.45, 2.75) is 52.2 Å². The number of carbonyl (C=O) groups is 2. The summed E-state index contributed by atoms with van der Waals surface area (Å²) < 4.78 is 11.5. The van der Waals surface area contributed by atoms with Gasteiger partial charge in [0.25, 0.3) is 0 Å². The fourth-order valence-electron chi connectivity index (χ4n) is 2.09. The van der Waals surface area contributed by atoms with E-state index >= 15 is 0 Å². The average molecular weight is 364 g/mol. The first kappa shape index (κ1) is 19.2.